The molecule has 1 aromatic rings. The molecule has 0 aliphatic carbocycles. The fourth-order valence-electron chi connectivity index (χ4n) is 1.60. The van der Waals surface area contributed by atoms with Crippen molar-refractivity contribution in [3.8, 4) is 0 Å². The molecular weight excluding hydrogens is 198 g/mol. The SMILES string of the molecule is Nc1ccn([C@H]2CC[C@@H]([CH]O)O2)c(=O)n1. The van der Waals surface area contributed by atoms with Crippen LogP contribution in [0.25, 0.3) is 0 Å². The smallest absolute Gasteiger partial charge is 0.351 e. The van der Waals surface area contributed by atoms with Gasteiger partial charge in [-0.1, -0.05) is 0 Å². The number of nitrogens with two attached hydrogens (primary N) is 1. The van der Waals surface area contributed by atoms with Gasteiger partial charge in [-0.2, -0.15) is 4.98 Å². The van der Waals surface area contributed by atoms with Crippen LogP contribution in [0.4, 0.5) is 5.82 Å². The molecule has 1 aliphatic heterocycles. The maximum absolute atomic E-state index is 11.4. The van der Waals surface area contributed by atoms with Crippen LogP contribution in [0.2, 0.25) is 0 Å². The highest BCUT2D eigenvalue weighted by molar-refractivity contribution is 5.23. The molecule has 0 saturated carbocycles. The zero-order valence-electron chi connectivity index (χ0n) is 8.04. The molecule has 2 rings (SSSR count). The highest BCUT2D eigenvalue weighted by atomic mass is 16.5. The van der Waals surface area contributed by atoms with E-state index in [2.05, 4.69) is 4.98 Å². The largest absolute Gasteiger partial charge is 0.388 e. The molecule has 3 N–H and O–H groups in total. The molecule has 0 bridgehead atoms. The van der Waals surface area contributed by atoms with Crippen LogP contribution in [-0.4, -0.2) is 20.8 Å². The van der Waals surface area contributed by atoms with E-state index in [1.165, 1.54) is 4.57 Å². The second kappa shape index (κ2) is 4.00. The second-order valence-electron chi connectivity index (χ2n) is 3.40. The summed E-state index contributed by atoms with van der Waals surface area (Å²) in [6, 6.07) is 1.54. The Balaban J connectivity index is 2.20. The lowest BCUT2D eigenvalue weighted by molar-refractivity contribution is -0.00414. The van der Waals surface area contributed by atoms with Crippen LogP contribution in [0, 0.1) is 6.61 Å². The summed E-state index contributed by atoms with van der Waals surface area (Å²) in [7, 11) is 0. The molecule has 15 heavy (non-hydrogen) atoms. The summed E-state index contributed by atoms with van der Waals surface area (Å²) < 4.78 is 6.77. The topological polar surface area (TPSA) is 90.4 Å². The third kappa shape index (κ3) is 2.00. The van der Waals surface area contributed by atoms with Crippen molar-refractivity contribution in [2.24, 2.45) is 0 Å². The number of ether oxygens (including phenoxy) is 1. The lowest BCUT2D eigenvalue weighted by atomic mass is 10.2. The van der Waals surface area contributed by atoms with Gasteiger partial charge >= 0.3 is 5.69 Å². The molecule has 0 unspecified atom stereocenters. The van der Waals surface area contributed by atoms with E-state index >= 15 is 0 Å². The quantitative estimate of drug-likeness (QED) is 0.719. The Morgan fingerprint density at radius 2 is 2.47 bits per heavy atom. The van der Waals surface area contributed by atoms with Gasteiger partial charge in [0.15, 0.2) is 0 Å². The number of aliphatic hydroxyl groups is 1. The van der Waals surface area contributed by atoms with Crippen molar-refractivity contribution in [1.82, 2.24) is 9.55 Å². The van der Waals surface area contributed by atoms with Crippen LogP contribution in [0.5, 0.6) is 0 Å². The van der Waals surface area contributed by atoms with Crippen LogP contribution >= 0.6 is 0 Å². The number of aliphatic hydroxyl groups excluding tert-OH is 1. The summed E-state index contributed by atoms with van der Waals surface area (Å²) in [5, 5.41) is 8.77. The number of rotatable bonds is 2. The number of nitrogen functional groups attached to an aromatic ring is 1. The predicted molar refractivity (Wildman–Crippen MR) is 52.3 cm³/mol. The van der Waals surface area contributed by atoms with Crippen LogP contribution in [-0.2, 0) is 4.74 Å². The maximum Gasteiger partial charge on any atom is 0.351 e. The van der Waals surface area contributed by atoms with Crippen molar-refractivity contribution in [3.63, 3.8) is 0 Å². The van der Waals surface area contributed by atoms with E-state index in [9.17, 15) is 4.79 Å². The normalized spacial score (nSPS) is 25.7. The van der Waals surface area contributed by atoms with E-state index < -0.39 is 5.69 Å². The lowest BCUT2D eigenvalue weighted by Crippen LogP contribution is -2.27. The number of hydrogen-bond acceptors (Lipinski definition) is 5. The summed E-state index contributed by atoms with van der Waals surface area (Å²) in [4.78, 5) is 15.0. The molecule has 1 fully saturated rings. The first kappa shape index (κ1) is 10.1. The van der Waals surface area contributed by atoms with Crippen LogP contribution in [0.15, 0.2) is 17.1 Å². The van der Waals surface area contributed by atoms with Crippen molar-refractivity contribution in [3.05, 3.63) is 29.4 Å². The molecule has 1 radical (unpaired) electrons. The van der Waals surface area contributed by atoms with Crippen molar-refractivity contribution in [2.45, 2.75) is 25.2 Å². The zero-order valence-corrected chi connectivity index (χ0v) is 8.04. The molecule has 6 nitrogen and oxygen atoms in total. The van der Waals surface area contributed by atoms with Crippen LogP contribution < -0.4 is 11.4 Å². The van der Waals surface area contributed by atoms with Gasteiger partial charge in [-0.3, -0.25) is 4.57 Å². The lowest BCUT2D eigenvalue weighted by Gasteiger charge is -2.13. The highest BCUT2D eigenvalue weighted by Gasteiger charge is 2.26. The van der Waals surface area contributed by atoms with Gasteiger partial charge in [-0.05, 0) is 18.9 Å². The third-order valence-electron chi connectivity index (χ3n) is 2.36. The molecular formula is C9H12N3O3. The molecule has 0 spiro atoms. The Morgan fingerprint density at radius 3 is 3.07 bits per heavy atom. The number of nitrogens with zero attached hydrogens (tertiary/aromatic N) is 2. The molecule has 1 aromatic heterocycles. The molecule has 2 atom stereocenters. The first-order chi connectivity index (χ1) is 7.20. The van der Waals surface area contributed by atoms with Gasteiger partial charge in [0.2, 0.25) is 0 Å². The Bertz CT molecular complexity index is 404. The molecule has 1 saturated heterocycles. The van der Waals surface area contributed by atoms with Crippen molar-refractivity contribution >= 4 is 5.82 Å². The zero-order chi connectivity index (χ0) is 10.8. The summed E-state index contributed by atoms with van der Waals surface area (Å²) in [6.45, 7) is 0.996. The van der Waals surface area contributed by atoms with Crippen LogP contribution in [0.3, 0.4) is 0 Å². The molecule has 1 aliphatic rings. The van der Waals surface area contributed by atoms with E-state index in [1.54, 1.807) is 12.3 Å². The van der Waals surface area contributed by atoms with E-state index in [0.29, 0.717) is 12.8 Å². The summed E-state index contributed by atoms with van der Waals surface area (Å²) in [5.74, 6) is 0.194. The fraction of sp³-hybridized carbons (Fsp3) is 0.444. The van der Waals surface area contributed by atoms with Crippen molar-refractivity contribution in [2.75, 3.05) is 5.73 Å². The summed E-state index contributed by atoms with van der Waals surface area (Å²) in [6.07, 6.45) is 2.25. The minimum absolute atomic E-state index is 0.194. The van der Waals surface area contributed by atoms with Gasteiger partial charge in [-0.25, -0.2) is 4.79 Å². The minimum atomic E-state index is -0.432. The monoisotopic (exact) mass is 210 g/mol. The summed E-state index contributed by atoms with van der Waals surface area (Å²) >= 11 is 0. The molecule has 2 heterocycles. The Labute approximate surface area is 86.3 Å². The van der Waals surface area contributed by atoms with Gasteiger partial charge in [-0.15, -0.1) is 0 Å². The van der Waals surface area contributed by atoms with E-state index in [4.69, 9.17) is 15.6 Å². The number of aromatic nitrogens is 2. The van der Waals surface area contributed by atoms with Gasteiger partial charge < -0.3 is 15.6 Å². The van der Waals surface area contributed by atoms with Gasteiger partial charge in [0.25, 0.3) is 0 Å². The highest BCUT2D eigenvalue weighted by Crippen LogP contribution is 2.27. The number of anilines is 1. The van der Waals surface area contributed by atoms with Gasteiger partial charge in [0, 0.05) is 6.20 Å². The standard InChI is InChI=1S/C9H12N3O3/c10-7-3-4-12(9(14)11-7)8-2-1-6(5-13)15-8/h3-6,8,13H,1-2H2,(H2,10,11,14)/t6-,8+/m0/s1. The predicted octanol–water partition coefficient (Wildman–Crippen LogP) is 0.0374. The average Bonchev–Trinajstić information content (AvgIpc) is 2.66. The van der Waals surface area contributed by atoms with E-state index in [0.717, 1.165) is 6.61 Å². The van der Waals surface area contributed by atoms with Crippen molar-refractivity contribution in [1.29, 1.82) is 0 Å². The van der Waals surface area contributed by atoms with Crippen LogP contribution in [0.1, 0.15) is 19.1 Å². The molecule has 0 aromatic carbocycles. The van der Waals surface area contributed by atoms with E-state index in [1.807, 2.05) is 0 Å². The fourth-order valence-corrected chi connectivity index (χ4v) is 1.60. The Kier molecular flexibility index (Phi) is 2.70. The van der Waals surface area contributed by atoms with E-state index in [-0.39, 0.29) is 18.1 Å². The first-order valence-electron chi connectivity index (χ1n) is 4.68. The third-order valence-corrected chi connectivity index (χ3v) is 2.36. The number of hydrogen-bond donors (Lipinski definition) is 2. The van der Waals surface area contributed by atoms with Crippen molar-refractivity contribution < 1.29 is 9.84 Å². The average molecular weight is 210 g/mol. The Hall–Kier alpha value is -1.40. The summed E-state index contributed by atoms with van der Waals surface area (Å²) in [5.41, 5.74) is 4.94. The molecule has 81 valence electrons. The van der Waals surface area contributed by atoms with Gasteiger partial charge in [0.05, 0.1) is 6.10 Å². The molecule has 0 amide bonds. The Morgan fingerprint density at radius 1 is 1.67 bits per heavy atom. The molecule has 6 heteroatoms. The first-order valence-corrected chi connectivity index (χ1v) is 4.68. The minimum Gasteiger partial charge on any atom is -0.388 e. The van der Waals surface area contributed by atoms with Gasteiger partial charge in [0.1, 0.15) is 18.7 Å². The maximum atomic E-state index is 11.4. The second-order valence-corrected chi connectivity index (χ2v) is 3.40.